The van der Waals surface area contributed by atoms with Crippen molar-refractivity contribution in [3.05, 3.63) is 47.5 Å². The molecule has 1 aromatic carbocycles. The van der Waals surface area contributed by atoms with Crippen LogP contribution >= 0.6 is 0 Å². The predicted octanol–water partition coefficient (Wildman–Crippen LogP) is 2.89. The van der Waals surface area contributed by atoms with Crippen molar-refractivity contribution >= 4 is 17.7 Å². The van der Waals surface area contributed by atoms with Gasteiger partial charge in [0.1, 0.15) is 17.0 Å². The summed E-state index contributed by atoms with van der Waals surface area (Å²) in [7, 11) is 0. The number of nitrogens with zero attached hydrogens (tertiary/aromatic N) is 3. The van der Waals surface area contributed by atoms with E-state index in [0.717, 1.165) is 37.0 Å². The third-order valence-electron chi connectivity index (χ3n) is 6.82. The molecule has 0 bridgehead atoms. The molecule has 2 aliphatic rings. The van der Waals surface area contributed by atoms with Gasteiger partial charge in [-0.05, 0) is 58.2 Å². The number of hydrogen-bond donors (Lipinski definition) is 2. The molecule has 9 heteroatoms. The van der Waals surface area contributed by atoms with Crippen molar-refractivity contribution in [3.63, 3.8) is 0 Å². The highest BCUT2D eigenvalue weighted by atomic mass is 16.5. The van der Waals surface area contributed by atoms with Crippen LogP contribution < -0.4 is 15.4 Å². The molecule has 3 amide bonds. The monoisotopic (exact) mass is 481 g/mol. The third-order valence-corrected chi connectivity index (χ3v) is 6.82. The lowest BCUT2D eigenvalue weighted by Gasteiger charge is -2.43. The van der Waals surface area contributed by atoms with Crippen molar-refractivity contribution in [2.24, 2.45) is 0 Å². The number of rotatable bonds is 8. The number of fused-ring (bicyclic) bond motifs is 1. The molecule has 35 heavy (non-hydrogen) atoms. The number of carbonyl (C=O) groups is 3. The Balaban J connectivity index is 1.47. The van der Waals surface area contributed by atoms with E-state index in [9.17, 15) is 14.4 Å². The summed E-state index contributed by atoms with van der Waals surface area (Å²) in [6, 6.07) is 7.66. The summed E-state index contributed by atoms with van der Waals surface area (Å²) >= 11 is 0. The Morgan fingerprint density at radius 3 is 2.51 bits per heavy atom. The van der Waals surface area contributed by atoms with Crippen LogP contribution in [0.4, 0.5) is 0 Å². The molecule has 2 heterocycles. The zero-order valence-corrected chi connectivity index (χ0v) is 21.0. The van der Waals surface area contributed by atoms with Gasteiger partial charge >= 0.3 is 0 Å². The lowest BCUT2D eigenvalue weighted by Crippen LogP contribution is -2.64. The highest BCUT2D eigenvalue weighted by Crippen LogP contribution is 2.29. The fourth-order valence-electron chi connectivity index (χ4n) is 4.98. The number of hydrogen-bond acceptors (Lipinski definition) is 5. The fraction of sp³-hybridized carbons (Fsp3) is 0.538. The maximum Gasteiger partial charge on any atom is 0.273 e. The van der Waals surface area contributed by atoms with Crippen LogP contribution in [0, 0.1) is 0 Å². The van der Waals surface area contributed by atoms with Crippen LogP contribution in [0.1, 0.15) is 79.9 Å². The Labute approximate surface area is 206 Å². The number of nitrogens with one attached hydrogen (secondary N) is 2. The number of benzene rings is 1. The first-order valence-corrected chi connectivity index (χ1v) is 12.4. The molecular weight excluding hydrogens is 446 g/mol. The maximum atomic E-state index is 13.5. The second kappa shape index (κ2) is 10.1. The van der Waals surface area contributed by atoms with Gasteiger partial charge in [-0.25, -0.2) is 4.98 Å². The molecule has 2 N–H and O–H groups in total. The normalized spacial score (nSPS) is 20.1. The van der Waals surface area contributed by atoms with E-state index >= 15 is 0 Å². The zero-order chi connectivity index (χ0) is 25.2. The molecule has 1 fully saturated rings. The molecule has 4 rings (SSSR count). The van der Waals surface area contributed by atoms with E-state index in [0.29, 0.717) is 13.1 Å². The SMILES string of the molecule is CCN1C(=O)c2c(C(=O)NCc3ccc(OC(C)C)cc3)ncn2C[C@]1(C)C(=O)NC1CCCC1. The summed E-state index contributed by atoms with van der Waals surface area (Å²) in [6.07, 6.45) is 5.72. The molecule has 1 atom stereocenters. The molecule has 0 spiro atoms. The Morgan fingerprint density at radius 1 is 1.20 bits per heavy atom. The molecule has 2 aromatic rings. The van der Waals surface area contributed by atoms with Gasteiger partial charge in [-0.15, -0.1) is 0 Å². The van der Waals surface area contributed by atoms with E-state index in [1.54, 1.807) is 16.4 Å². The van der Waals surface area contributed by atoms with E-state index in [1.807, 2.05) is 45.0 Å². The molecular formula is C26H35N5O4. The number of carbonyl (C=O) groups excluding carboxylic acids is 3. The van der Waals surface area contributed by atoms with Crippen molar-refractivity contribution in [2.75, 3.05) is 6.54 Å². The summed E-state index contributed by atoms with van der Waals surface area (Å²) < 4.78 is 7.28. The van der Waals surface area contributed by atoms with E-state index < -0.39 is 11.4 Å². The van der Waals surface area contributed by atoms with Crippen LogP contribution in [0.5, 0.6) is 5.75 Å². The van der Waals surface area contributed by atoms with Crippen molar-refractivity contribution < 1.29 is 19.1 Å². The van der Waals surface area contributed by atoms with Gasteiger partial charge < -0.3 is 24.8 Å². The predicted molar refractivity (Wildman–Crippen MR) is 131 cm³/mol. The number of aromatic nitrogens is 2. The number of imidazole rings is 1. The molecule has 0 unspecified atom stereocenters. The van der Waals surface area contributed by atoms with Crippen molar-refractivity contribution in [3.8, 4) is 5.75 Å². The van der Waals surface area contributed by atoms with Gasteiger partial charge in [0.05, 0.1) is 19.0 Å². The van der Waals surface area contributed by atoms with Gasteiger partial charge in [0, 0.05) is 19.1 Å². The Kier molecular flexibility index (Phi) is 7.14. The lowest BCUT2D eigenvalue weighted by molar-refractivity contribution is -0.133. The van der Waals surface area contributed by atoms with Crippen LogP contribution in [-0.4, -0.2) is 56.4 Å². The minimum Gasteiger partial charge on any atom is -0.491 e. The van der Waals surface area contributed by atoms with E-state index in [2.05, 4.69) is 15.6 Å². The first-order valence-electron chi connectivity index (χ1n) is 12.4. The minimum absolute atomic E-state index is 0.0754. The van der Waals surface area contributed by atoms with Crippen molar-refractivity contribution in [1.29, 1.82) is 0 Å². The second-order valence-corrected chi connectivity index (χ2v) is 9.84. The molecule has 0 radical (unpaired) electrons. The topological polar surface area (TPSA) is 106 Å². The van der Waals surface area contributed by atoms with Crippen LogP contribution in [-0.2, 0) is 17.9 Å². The number of ether oxygens (including phenoxy) is 1. The van der Waals surface area contributed by atoms with E-state index in [4.69, 9.17) is 4.74 Å². The average Bonchev–Trinajstić information content (AvgIpc) is 3.48. The molecule has 1 aliphatic carbocycles. The highest BCUT2D eigenvalue weighted by molar-refractivity contribution is 6.07. The summed E-state index contributed by atoms with van der Waals surface area (Å²) in [6.45, 7) is 8.45. The second-order valence-electron chi connectivity index (χ2n) is 9.84. The third kappa shape index (κ3) is 5.04. The minimum atomic E-state index is -1.05. The lowest BCUT2D eigenvalue weighted by atomic mass is 9.94. The van der Waals surface area contributed by atoms with Crippen LogP contribution in [0.15, 0.2) is 30.6 Å². The summed E-state index contributed by atoms with van der Waals surface area (Å²) in [5, 5.41) is 5.98. The Hall–Kier alpha value is -3.36. The Bertz CT molecular complexity index is 1090. The quantitative estimate of drug-likeness (QED) is 0.603. The first kappa shape index (κ1) is 24.8. The molecule has 0 saturated heterocycles. The Morgan fingerprint density at radius 2 is 1.89 bits per heavy atom. The smallest absolute Gasteiger partial charge is 0.273 e. The van der Waals surface area contributed by atoms with E-state index in [-0.39, 0.29) is 41.9 Å². The first-order chi connectivity index (χ1) is 16.7. The molecule has 1 saturated carbocycles. The summed E-state index contributed by atoms with van der Waals surface area (Å²) in [4.78, 5) is 45.5. The highest BCUT2D eigenvalue weighted by Gasteiger charge is 2.48. The maximum absolute atomic E-state index is 13.5. The van der Waals surface area contributed by atoms with Gasteiger partial charge in [0.15, 0.2) is 5.69 Å². The van der Waals surface area contributed by atoms with Gasteiger partial charge in [-0.1, -0.05) is 25.0 Å². The van der Waals surface area contributed by atoms with E-state index in [1.165, 1.54) is 6.33 Å². The zero-order valence-electron chi connectivity index (χ0n) is 21.0. The summed E-state index contributed by atoms with van der Waals surface area (Å²) in [5.41, 5.74) is 0.151. The largest absolute Gasteiger partial charge is 0.491 e. The number of likely N-dealkylation sites (N-methyl/N-ethyl adjacent to an activating group) is 1. The van der Waals surface area contributed by atoms with Crippen LogP contribution in [0.3, 0.4) is 0 Å². The van der Waals surface area contributed by atoms with Crippen LogP contribution in [0.2, 0.25) is 0 Å². The molecule has 188 valence electrons. The molecule has 9 nitrogen and oxygen atoms in total. The van der Waals surface area contributed by atoms with Gasteiger partial charge in [-0.3, -0.25) is 14.4 Å². The van der Waals surface area contributed by atoms with Crippen molar-refractivity contribution in [1.82, 2.24) is 25.1 Å². The molecule has 1 aromatic heterocycles. The van der Waals surface area contributed by atoms with Gasteiger partial charge in [-0.2, -0.15) is 0 Å². The van der Waals surface area contributed by atoms with Crippen LogP contribution in [0.25, 0.3) is 0 Å². The number of amides is 3. The van der Waals surface area contributed by atoms with Crippen molar-refractivity contribution in [2.45, 2.75) is 84.2 Å². The fourth-order valence-corrected chi connectivity index (χ4v) is 4.98. The summed E-state index contributed by atoms with van der Waals surface area (Å²) in [5.74, 6) is -0.177. The average molecular weight is 482 g/mol. The van der Waals surface area contributed by atoms with Gasteiger partial charge in [0.2, 0.25) is 5.91 Å². The standard InChI is InChI=1S/C26H35N5O4/c1-5-31-24(33)22-21(23(32)27-14-18-10-12-20(13-11-18)35-17(2)3)28-16-30(22)15-26(31,4)25(34)29-19-8-6-7-9-19/h10-13,16-17,19H,5-9,14-15H2,1-4H3,(H,27,32)(H,29,34)/t26-/m1/s1. The van der Waals surface area contributed by atoms with Gasteiger partial charge in [0.25, 0.3) is 11.8 Å². The molecule has 1 aliphatic heterocycles.